The number of rotatable bonds is 2. The van der Waals surface area contributed by atoms with Gasteiger partial charge in [0.05, 0.1) is 0 Å². The number of nitrogens with zero attached hydrogens (tertiary/aromatic N) is 1. The Bertz CT molecular complexity index is 839. The summed E-state index contributed by atoms with van der Waals surface area (Å²) >= 11 is 5.81. The van der Waals surface area contributed by atoms with Crippen LogP contribution in [0, 0.1) is 13.8 Å². The van der Waals surface area contributed by atoms with E-state index >= 15 is 0 Å². The Hall–Kier alpha value is -2.33. The van der Waals surface area contributed by atoms with Gasteiger partial charge in [-0.25, -0.2) is 4.98 Å². The quantitative estimate of drug-likeness (QED) is 0.700. The number of nitrogens with one attached hydrogen (secondary N) is 2. The maximum absolute atomic E-state index is 12.3. The first-order valence-corrected chi connectivity index (χ1v) is 6.95. The summed E-state index contributed by atoms with van der Waals surface area (Å²) < 4.78 is 0. The van der Waals surface area contributed by atoms with Gasteiger partial charge in [-0.15, -0.1) is 0 Å². The summed E-state index contributed by atoms with van der Waals surface area (Å²) in [5, 5.41) is 4.15. The highest BCUT2D eigenvalue weighted by atomic mass is 35.5. The SMILES string of the molecule is Cc1[nH]c2ccc(C(=O)Nc3cccc(Cl)n3)cc2c1C. The Balaban J connectivity index is 1.92. The average molecular weight is 300 g/mol. The van der Waals surface area contributed by atoms with Crippen LogP contribution >= 0.6 is 11.6 Å². The van der Waals surface area contributed by atoms with E-state index in [2.05, 4.69) is 15.3 Å². The number of anilines is 1. The second-order valence-electron chi connectivity index (χ2n) is 4.94. The molecule has 3 aromatic rings. The number of hydrogen-bond acceptors (Lipinski definition) is 2. The van der Waals surface area contributed by atoms with Crippen LogP contribution in [0.5, 0.6) is 0 Å². The van der Waals surface area contributed by atoms with Gasteiger partial charge in [-0.1, -0.05) is 17.7 Å². The van der Waals surface area contributed by atoms with Gasteiger partial charge in [0.25, 0.3) is 5.91 Å². The highest BCUT2D eigenvalue weighted by molar-refractivity contribution is 6.29. The van der Waals surface area contributed by atoms with Crippen LogP contribution in [0.15, 0.2) is 36.4 Å². The van der Waals surface area contributed by atoms with Gasteiger partial charge in [-0.05, 0) is 49.7 Å². The first-order chi connectivity index (χ1) is 10.0. The first-order valence-electron chi connectivity index (χ1n) is 6.57. The third kappa shape index (κ3) is 2.62. The van der Waals surface area contributed by atoms with Gasteiger partial charge in [-0.3, -0.25) is 4.79 Å². The number of hydrogen-bond donors (Lipinski definition) is 2. The minimum absolute atomic E-state index is 0.204. The van der Waals surface area contributed by atoms with Crippen molar-refractivity contribution in [2.75, 3.05) is 5.32 Å². The lowest BCUT2D eigenvalue weighted by atomic mass is 10.1. The maximum atomic E-state index is 12.3. The van der Waals surface area contributed by atoms with Crippen molar-refractivity contribution in [3.05, 3.63) is 58.4 Å². The van der Waals surface area contributed by atoms with Gasteiger partial charge in [-0.2, -0.15) is 0 Å². The molecule has 106 valence electrons. The maximum Gasteiger partial charge on any atom is 0.256 e. The lowest BCUT2D eigenvalue weighted by molar-refractivity contribution is 0.102. The minimum Gasteiger partial charge on any atom is -0.358 e. The molecule has 5 heteroatoms. The molecule has 0 fully saturated rings. The van der Waals surface area contributed by atoms with E-state index in [1.54, 1.807) is 24.3 Å². The second kappa shape index (κ2) is 5.22. The van der Waals surface area contributed by atoms with Crippen LogP contribution in [0.3, 0.4) is 0 Å². The van der Waals surface area contributed by atoms with E-state index in [1.165, 1.54) is 0 Å². The predicted octanol–water partition coefficient (Wildman–Crippen LogP) is 4.09. The van der Waals surface area contributed by atoms with Crippen LogP contribution in [0.2, 0.25) is 5.15 Å². The zero-order valence-corrected chi connectivity index (χ0v) is 12.5. The third-order valence-electron chi connectivity index (χ3n) is 3.53. The molecule has 0 unspecified atom stereocenters. The number of aromatic nitrogens is 2. The number of benzene rings is 1. The van der Waals surface area contributed by atoms with Gasteiger partial charge >= 0.3 is 0 Å². The normalized spacial score (nSPS) is 10.8. The molecule has 0 saturated carbocycles. The number of fused-ring (bicyclic) bond motifs is 1. The molecule has 0 aliphatic heterocycles. The molecule has 4 nitrogen and oxygen atoms in total. The molecule has 3 rings (SSSR count). The molecular formula is C16H14ClN3O. The summed E-state index contributed by atoms with van der Waals surface area (Å²) in [7, 11) is 0. The summed E-state index contributed by atoms with van der Waals surface area (Å²) in [6.45, 7) is 4.05. The van der Waals surface area contributed by atoms with Crippen molar-refractivity contribution < 1.29 is 4.79 Å². The van der Waals surface area contributed by atoms with Crippen molar-refractivity contribution in [3.63, 3.8) is 0 Å². The topological polar surface area (TPSA) is 57.8 Å². The summed E-state index contributed by atoms with van der Waals surface area (Å²) in [5.74, 6) is 0.236. The van der Waals surface area contributed by atoms with Crippen molar-refractivity contribution >= 4 is 34.2 Å². The molecule has 2 aromatic heterocycles. The van der Waals surface area contributed by atoms with Crippen molar-refractivity contribution in [3.8, 4) is 0 Å². The first kappa shape index (κ1) is 13.6. The third-order valence-corrected chi connectivity index (χ3v) is 3.74. The van der Waals surface area contributed by atoms with Crippen LogP contribution in [-0.4, -0.2) is 15.9 Å². The van der Waals surface area contributed by atoms with Crippen LogP contribution < -0.4 is 5.32 Å². The summed E-state index contributed by atoms with van der Waals surface area (Å²) in [6, 6.07) is 10.7. The van der Waals surface area contributed by atoms with Gasteiger partial charge in [0.15, 0.2) is 0 Å². The second-order valence-corrected chi connectivity index (χ2v) is 5.32. The van der Waals surface area contributed by atoms with Gasteiger partial charge in [0.2, 0.25) is 0 Å². The Labute approximate surface area is 127 Å². The number of amides is 1. The van der Waals surface area contributed by atoms with E-state index in [0.29, 0.717) is 16.5 Å². The summed E-state index contributed by atoms with van der Waals surface area (Å²) in [4.78, 5) is 19.6. The van der Waals surface area contributed by atoms with E-state index in [9.17, 15) is 4.79 Å². The molecule has 21 heavy (non-hydrogen) atoms. The molecule has 2 heterocycles. The number of carbonyl (C=O) groups excluding carboxylic acids is 1. The number of H-pyrrole nitrogens is 1. The standard InChI is InChI=1S/C16H14ClN3O/c1-9-10(2)18-13-7-6-11(8-12(9)13)16(21)20-15-5-3-4-14(17)19-15/h3-8,18H,1-2H3,(H,19,20,21). The van der Waals surface area contributed by atoms with Crippen LogP contribution in [0.25, 0.3) is 10.9 Å². The molecule has 0 spiro atoms. The zero-order valence-electron chi connectivity index (χ0n) is 11.7. The van der Waals surface area contributed by atoms with E-state index in [0.717, 1.165) is 22.2 Å². The van der Waals surface area contributed by atoms with E-state index in [1.807, 2.05) is 26.0 Å². The molecule has 0 aliphatic rings. The fraction of sp³-hybridized carbons (Fsp3) is 0.125. The summed E-state index contributed by atoms with van der Waals surface area (Å²) in [5.41, 5.74) is 3.88. The molecule has 0 radical (unpaired) electrons. The largest absolute Gasteiger partial charge is 0.358 e. The van der Waals surface area contributed by atoms with Crippen LogP contribution in [0.4, 0.5) is 5.82 Å². The van der Waals surface area contributed by atoms with Gasteiger partial charge in [0.1, 0.15) is 11.0 Å². The number of aryl methyl sites for hydroxylation is 2. The highest BCUT2D eigenvalue weighted by Crippen LogP contribution is 2.22. The molecule has 2 N–H and O–H groups in total. The monoisotopic (exact) mass is 299 g/mol. The molecule has 0 bridgehead atoms. The smallest absolute Gasteiger partial charge is 0.256 e. The van der Waals surface area contributed by atoms with Crippen LogP contribution in [-0.2, 0) is 0 Å². The molecular weight excluding hydrogens is 286 g/mol. The Morgan fingerprint density at radius 1 is 1.24 bits per heavy atom. The zero-order chi connectivity index (χ0) is 15.0. The van der Waals surface area contributed by atoms with Crippen molar-refractivity contribution in [2.45, 2.75) is 13.8 Å². The Morgan fingerprint density at radius 2 is 2.05 bits per heavy atom. The molecule has 1 amide bonds. The van der Waals surface area contributed by atoms with Crippen molar-refractivity contribution in [2.24, 2.45) is 0 Å². The number of pyridine rings is 1. The molecule has 0 saturated heterocycles. The fourth-order valence-electron chi connectivity index (χ4n) is 2.27. The fourth-order valence-corrected chi connectivity index (χ4v) is 2.43. The lowest BCUT2D eigenvalue weighted by Gasteiger charge is -2.05. The predicted molar refractivity (Wildman–Crippen MR) is 85.0 cm³/mol. The lowest BCUT2D eigenvalue weighted by Crippen LogP contribution is -2.12. The van der Waals surface area contributed by atoms with E-state index in [-0.39, 0.29) is 5.91 Å². The van der Waals surface area contributed by atoms with E-state index < -0.39 is 0 Å². The number of aromatic amines is 1. The number of halogens is 1. The van der Waals surface area contributed by atoms with Gasteiger partial charge < -0.3 is 10.3 Å². The van der Waals surface area contributed by atoms with Crippen molar-refractivity contribution in [1.29, 1.82) is 0 Å². The summed E-state index contributed by atoms with van der Waals surface area (Å²) in [6.07, 6.45) is 0. The van der Waals surface area contributed by atoms with Gasteiger partial charge in [0, 0.05) is 22.2 Å². The number of carbonyl (C=O) groups is 1. The molecule has 0 atom stereocenters. The Kier molecular flexibility index (Phi) is 3.39. The molecule has 1 aromatic carbocycles. The highest BCUT2D eigenvalue weighted by Gasteiger charge is 2.10. The Morgan fingerprint density at radius 3 is 2.81 bits per heavy atom. The molecule has 0 aliphatic carbocycles. The average Bonchev–Trinajstić information content (AvgIpc) is 2.74. The van der Waals surface area contributed by atoms with Crippen LogP contribution in [0.1, 0.15) is 21.6 Å². The van der Waals surface area contributed by atoms with Crippen molar-refractivity contribution in [1.82, 2.24) is 9.97 Å². The van der Waals surface area contributed by atoms with E-state index in [4.69, 9.17) is 11.6 Å². The minimum atomic E-state index is -0.204.